The van der Waals surface area contributed by atoms with Crippen LogP contribution < -0.4 is 20.3 Å². The lowest BCUT2D eigenvalue weighted by Crippen LogP contribution is -2.21. The van der Waals surface area contributed by atoms with Gasteiger partial charge in [0, 0.05) is 18.1 Å². The third kappa shape index (κ3) is 5.07. The fraction of sp³-hybridized carbons (Fsp3) is 0.200. The number of nitrogens with zero attached hydrogens (tertiary/aromatic N) is 2. The zero-order chi connectivity index (χ0) is 20.8. The van der Waals surface area contributed by atoms with Crippen LogP contribution in [0.3, 0.4) is 0 Å². The van der Waals surface area contributed by atoms with E-state index in [1.165, 1.54) is 13.3 Å². The van der Waals surface area contributed by atoms with Gasteiger partial charge in [-0.15, -0.1) is 0 Å². The Hall–Kier alpha value is -2.58. The van der Waals surface area contributed by atoms with Crippen LogP contribution in [0.5, 0.6) is 17.2 Å². The van der Waals surface area contributed by atoms with Crippen molar-refractivity contribution in [1.82, 2.24) is 15.1 Å². The molecule has 0 aliphatic heterocycles. The number of nitrogens with one attached hydrogen (secondary N) is 1. The molecule has 3 aromatic rings. The van der Waals surface area contributed by atoms with Gasteiger partial charge in [0.2, 0.25) is 0 Å². The van der Waals surface area contributed by atoms with Crippen molar-refractivity contribution in [2.24, 2.45) is 0 Å². The first kappa shape index (κ1) is 21.1. The van der Waals surface area contributed by atoms with E-state index >= 15 is 0 Å². The second-order valence-electron chi connectivity index (χ2n) is 6.01. The highest BCUT2D eigenvalue weighted by Crippen LogP contribution is 2.34. The van der Waals surface area contributed by atoms with Gasteiger partial charge in [-0.1, -0.05) is 35.3 Å². The quantitative estimate of drug-likeness (QED) is 0.527. The van der Waals surface area contributed by atoms with Gasteiger partial charge in [-0.05, 0) is 35.9 Å². The van der Waals surface area contributed by atoms with Crippen molar-refractivity contribution in [2.75, 3.05) is 20.3 Å². The molecule has 1 aromatic heterocycles. The van der Waals surface area contributed by atoms with Crippen LogP contribution in [0.15, 0.2) is 53.5 Å². The maximum atomic E-state index is 12.6. The Morgan fingerprint density at radius 2 is 1.97 bits per heavy atom. The molecule has 0 saturated carbocycles. The van der Waals surface area contributed by atoms with Crippen molar-refractivity contribution in [1.29, 1.82) is 0 Å². The second-order valence-corrected chi connectivity index (χ2v) is 6.82. The van der Waals surface area contributed by atoms with E-state index in [0.717, 1.165) is 10.2 Å². The van der Waals surface area contributed by atoms with E-state index in [4.69, 9.17) is 37.8 Å². The largest absolute Gasteiger partial charge is 0.493 e. The molecule has 0 aliphatic carbocycles. The number of hydrogen-bond acceptors (Lipinski definition) is 6. The first-order chi connectivity index (χ1) is 14.0. The molecular weight excluding hydrogens is 417 g/mol. The van der Waals surface area contributed by atoms with Crippen LogP contribution in [0.25, 0.3) is 5.69 Å². The number of ether oxygens (including phenoxy) is 2. The maximum absolute atomic E-state index is 12.6. The molecule has 9 heteroatoms. The number of benzene rings is 2. The minimum absolute atomic E-state index is 0.0601. The van der Waals surface area contributed by atoms with Gasteiger partial charge in [-0.3, -0.25) is 4.79 Å². The minimum atomic E-state index is -0.532. The molecule has 1 heterocycles. The van der Waals surface area contributed by atoms with Crippen molar-refractivity contribution in [3.63, 3.8) is 0 Å². The Bertz CT molecular complexity index is 1060. The van der Waals surface area contributed by atoms with E-state index in [0.29, 0.717) is 35.3 Å². The Morgan fingerprint density at radius 1 is 1.14 bits per heavy atom. The summed E-state index contributed by atoms with van der Waals surface area (Å²) in [5, 5.41) is 16.4. The molecule has 0 radical (unpaired) electrons. The Kier molecular flexibility index (Phi) is 7.11. The van der Waals surface area contributed by atoms with E-state index in [2.05, 4.69) is 10.4 Å². The third-order valence-electron chi connectivity index (χ3n) is 4.01. The predicted molar refractivity (Wildman–Crippen MR) is 112 cm³/mol. The average molecular weight is 436 g/mol. The SMILES string of the molecule is COc1cc(CNCCO)ccc1Oc1cnn(-c2cccc(Cl)c2)c(=O)c1Cl. The van der Waals surface area contributed by atoms with Crippen molar-refractivity contribution < 1.29 is 14.6 Å². The number of hydrogen-bond donors (Lipinski definition) is 2. The van der Waals surface area contributed by atoms with Crippen LogP contribution >= 0.6 is 23.2 Å². The van der Waals surface area contributed by atoms with Crippen molar-refractivity contribution in [2.45, 2.75) is 6.54 Å². The van der Waals surface area contributed by atoms with Crippen LogP contribution in [0.4, 0.5) is 0 Å². The molecule has 0 fully saturated rings. The van der Waals surface area contributed by atoms with Gasteiger partial charge in [-0.2, -0.15) is 9.78 Å². The average Bonchev–Trinajstić information content (AvgIpc) is 2.72. The molecule has 0 aliphatic rings. The fourth-order valence-corrected chi connectivity index (χ4v) is 2.97. The summed E-state index contributed by atoms with van der Waals surface area (Å²) in [5.41, 5.74) is 0.909. The highest BCUT2D eigenvalue weighted by atomic mass is 35.5. The lowest BCUT2D eigenvalue weighted by atomic mass is 10.2. The Morgan fingerprint density at radius 3 is 2.69 bits per heavy atom. The second kappa shape index (κ2) is 9.76. The number of aromatic nitrogens is 2. The van der Waals surface area contributed by atoms with Crippen molar-refractivity contribution in [3.8, 4) is 22.9 Å². The van der Waals surface area contributed by atoms with Crippen LogP contribution in [0, 0.1) is 0 Å². The van der Waals surface area contributed by atoms with E-state index in [1.54, 1.807) is 36.4 Å². The van der Waals surface area contributed by atoms with Crippen LogP contribution in [0.1, 0.15) is 5.56 Å². The molecule has 0 amide bonds. The molecule has 3 rings (SSSR count). The molecular formula is C20H19Cl2N3O4. The minimum Gasteiger partial charge on any atom is -0.493 e. The summed E-state index contributed by atoms with van der Waals surface area (Å²) in [6.07, 6.45) is 1.36. The fourth-order valence-electron chi connectivity index (χ4n) is 2.62. The van der Waals surface area contributed by atoms with Crippen LogP contribution in [-0.4, -0.2) is 35.1 Å². The maximum Gasteiger partial charge on any atom is 0.294 e. The molecule has 0 bridgehead atoms. The molecule has 0 saturated heterocycles. The van der Waals surface area contributed by atoms with Crippen LogP contribution in [-0.2, 0) is 6.54 Å². The van der Waals surface area contributed by atoms with Gasteiger partial charge in [-0.25, -0.2) is 0 Å². The number of rotatable bonds is 8. The van der Waals surface area contributed by atoms with Crippen LogP contribution in [0.2, 0.25) is 10.0 Å². The Labute approximate surface area is 177 Å². The van der Waals surface area contributed by atoms with E-state index < -0.39 is 5.56 Å². The Balaban J connectivity index is 1.87. The molecule has 152 valence electrons. The van der Waals surface area contributed by atoms with Gasteiger partial charge in [0.25, 0.3) is 5.56 Å². The van der Waals surface area contributed by atoms with Crippen molar-refractivity contribution >= 4 is 23.2 Å². The van der Waals surface area contributed by atoms with Gasteiger partial charge in [0.05, 0.1) is 25.6 Å². The first-order valence-corrected chi connectivity index (χ1v) is 9.49. The van der Waals surface area contributed by atoms with E-state index in [-0.39, 0.29) is 17.4 Å². The summed E-state index contributed by atoms with van der Waals surface area (Å²) in [4.78, 5) is 12.6. The van der Waals surface area contributed by atoms with E-state index in [1.807, 2.05) is 6.07 Å². The molecule has 7 nitrogen and oxygen atoms in total. The summed E-state index contributed by atoms with van der Waals surface area (Å²) in [7, 11) is 1.52. The third-order valence-corrected chi connectivity index (χ3v) is 4.59. The number of methoxy groups -OCH3 is 1. The summed E-state index contributed by atoms with van der Waals surface area (Å²) in [5.74, 6) is 0.977. The smallest absolute Gasteiger partial charge is 0.294 e. The lowest BCUT2D eigenvalue weighted by molar-refractivity contribution is 0.292. The topological polar surface area (TPSA) is 85.6 Å². The highest BCUT2D eigenvalue weighted by molar-refractivity contribution is 6.32. The summed E-state index contributed by atoms with van der Waals surface area (Å²) in [6, 6.07) is 12.1. The van der Waals surface area contributed by atoms with Crippen molar-refractivity contribution in [3.05, 3.63) is 74.6 Å². The molecule has 2 N–H and O–H groups in total. The predicted octanol–water partition coefficient (Wildman–Crippen LogP) is 3.42. The number of aliphatic hydroxyl groups is 1. The van der Waals surface area contributed by atoms with Gasteiger partial charge >= 0.3 is 0 Å². The lowest BCUT2D eigenvalue weighted by Gasteiger charge is -2.13. The zero-order valence-electron chi connectivity index (χ0n) is 15.6. The molecule has 2 aromatic carbocycles. The summed E-state index contributed by atoms with van der Waals surface area (Å²) in [6.45, 7) is 1.12. The molecule has 29 heavy (non-hydrogen) atoms. The highest BCUT2D eigenvalue weighted by Gasteiger charge is 2.15. The molecule has 0 unspecified atom stereocenters. The van der Waals surface area contributed by atoms with Gasteiger partial charge < -0.3 is 19.9 Å². The zero-order valence-corrected chi connectivity index (χ0v) is 17.1. The summed E-state index contributed by atoms with van der Waals surface area (Å²) < 4.78 is 12.3. The number of halogens is 2. The standard InChI is InChI=1S/C20H19Cl2N3O4/c1-28-17-9-13(11-23-7-8-26)5-6-16(17)29-18-12-24-25(20(27)19(18)22)15-4-2-3-14(21)10-15/h2-6,9-10,12,23,26H,7-8,11H2,1H3. The van der Waals surface area contributed by atoms with Gasteiger partial charge in [0.15, 0.2) is 22.3 Å². The summed E-state index contributed by atoms with van der Waals surface area (Å²) >= 11 is 12.2. The monoisotopic (exact) mass is 435 g/mol. The first-order valence-electron chi connectivity index (χ1n) is 8.73. The van der Waals surface area contributed by atoms with Gasteiger partial charge in [0.1, 0.15) is 0 Å². The normalized spacial score (nSPS) is 10.8. The number of aliphatic hydroxyl groups excluding tert-OH is 1. The molecule has 0 spiro atoms. The van der Waals surface area contributed by atoms with E-state index in [9.17, 15) is 4.79 Å². The molecule has 0 atom stereocenters.